The predicted octanol–water partition coefficient (Wildman–Crippen LogP) is 4.23. The molecule has 0 amide bonds. The van der Waals surface area contributed by atoms with Gasteiger partial charge >= 0.3 is 0 Å². The fraction of sp³-hybridized carbons (Fsp3) is 0.150. The smallest absolute Gasteiger partial charge is 0.235 e. The van der Waals surface area contributed by atoms with Crippen molar-refractivity contribution in [3.8, 4) is 0 Å². The quantitative estimate of drug-likeness (QED) is 0.476. The highest BCUT2D eigenvalue weighted by Gasteiger charge is 2.18. The zero-order chi connectivity index (χ0) is 18.5. The lowest BCUT2D eigenvalue weighted by Crippen LogP contribution is -2.17. The Morgan fingerprint density at radius 1 is 1.04 bits per heavy atom. The molecule has 1 unspecified atom stereocenters. The molecule has 4 aromatic rings. The first kappa shape index (κ1) is 17.9. The SMILES string of the molecule is NC(Cc1ccccc1)c1nnc2sc(SCC=Cc3ccccc3)nn12. The van der Waals surface area contributed by atoms with Gasteiger partial charge in [-0.15, -0.1) is 15.3 Å². The van der Waals surface area contributed by atoms with Crippen molar-refractivity contribution in [3.05, 3.63) is 83.7 Å². The Balaban J connectivity index is 1.41. The Bertz CT molecular complexity index is 1020. The van der Waals surface area contributed by atoms with Gasteiger partial charge in [-0.05, 0) is 17.5 Å². The summed E-state index contributed by atoms with van der Waals surface area (Å²) in [6.07, 6.45) is 4.97. The molecule has 0 radical (unpaired) electrons. The van der Waals surface area contributed by atoms with Gasteiger partial charge in [-0.25, -0.2) is 0 Å². The molecule has 0 fully saturated rings. The monoisotopic (exact) mass is 393 g/mol. The maximum absolute atomic E-state index is 6.36. The largest absolute Gasteiger partial charge is 0.321 e. The molecule has 136 valence electrons. The van der Waals surface area contributed by atoms with Gasteiger partial charge in [0.2, 0.25) is 4.96 Å². The molecule has 2 aromatic heterocycles. The van der Waals surface area contributed by atoms with Gasteiger partial charge in [0.1, 0.15) is 0 Å². The zero-order valence-electron chi connectivity index (χ0n) is 14.6. The second kappa shape index (κ2) is 8.47. The van der Waals surface area contributed by atoms with Crippen molar-refractivity contribution in [1.82, 2.24) is 19.8 Å². The van der Waals surface area contributed by atoms with Gasteiger partial charge in [-0.3, -0.25) is 0 Å². The molecule has 27 heavy (non-hydrogen) atoms. The van der Waals surface area contributed by atoms with Crippen LogP contribution in [0.3, 0.4) is 0 Å². The highest BCUT2D eigenvalue weighted by Crippen LogP contribution is 2.26. The van der Waals surface area contributed by atoms with E-state index in [0.717, 1.165) is 15.1 Å². The highest BCUT2D eigenvalue weighted by atomic mass is 32.2. The lowest BCUT2D eigenvalue weighted by atomic mass is 10.1. The molecule has 0 saturated heterocycles. The van der Waals surface area contributed by atoms with Crippen LogP contribution in [-0.2, 0) is 6.42 Å². The maximum Gasteiger partial charge on any atom is 0.235 e. The summed E-state index contributed by atoms with van der Waals surface area (Å²) in [6.45, 7) is 0. The average Bonchev–Trinajstić information content (AvgIpc) is 3.27. The van der Waals surface area contributed by atoms with E-state index in [4.69, 9.17) is 5.73 Å². The van der Waals surface area contributed by atoms with Gasteiger partial charge in [0.05, 0.1) is 6.04 Å². The van der Waals surface area contributed by atoms with E-state index >= 15 is 0 Å². The van der Waals surface area contributed by atoms with E-state index in [1.54, 1.807) is 16.3 Å². The van der Waals surface area contributed by atoms with Crippen LogP contribution in [0.15, 0.2) is 71.1 Å². The van der Waals surface area contributed by atoms with Gasteiger partial charge in [-0.2, -0.15) is 4.52 Å². The summed E-state index contributed by atoms with van der Waals surface area (Å²) in [6, 6.07) is 20.2. The van der Waals surface area contributed by atoms with E-state index < -0.39 is 0 Å². The van der Waals surface area contributed by atoms with Crippen LogP contribution in [0.2, 0.25) is 0 Å². The lowest BCUT2D eigenvalue weighted by Gasteiger charge is -2.08. The van der Waals surface area contributed by atoms with Crippen molar-refractivity contribution in [2.24, 2.45) is 5.73 Å². The Morgan fingerprint density at radius 3 is 2.56 bits per heavy atom. The lowest BCUT2D eigenvalue weighted by molar-refractivity contribution is 0.635. The molecule has 5 nitrogen and oxygen atoms in total. The van der Waals surface area contributed by atoms with Crippen LogP contribution in [0.25, 0.3) is 11.0 Å². The third-order valence-electron chi connectivity index (χ3n) is 4.04. The first-order valence-electron chi connectivity index (χ1n) is 8.65. The number of fused-ring (bicyclic) bond motifs is 1. The summed E-state index contributed by atoms with van der Waals surface area (Å²) >= 11 is 3.23. The Labute approximate surface area is 165 Å². The minimum absolute atomic E-state index is 0.236. The van der Waals surface area contributed by atoms with Gasteiger partial charge in [-0.1, -0.05) is 95.9 Å². The minimum Gasteiger partial charge on any atom is -0.321 e. The van der Waals surface area contributed by atoms with Gasteiger partial charge in [0.25, 0.3) is 0 Å². The molecule has 0 bridgehead atoms. The van der Waals surface area contributed by atoms with Crippen LogP contribution in [0, 0.1) is 0 Å². The maximum atomic E-state index is 6.36. The number of aromatic nitrogens is 4. The number of hydrogen-bond acceptors (Lipinski definition) is 6. The first-order chi connectivity index (χ1) is 13.3. The van der Waals surface area contributed by atoms with Crippen LogP contribution in [0.1, 0.15) is 23.0 Å². The van der Waals surface area contributed by atoms with E-state index in [-0.39, 0.29) is 6.04 Å². The molecule has 0 aliphatic carbocycles. The minimum atomic E-state index is -0.236. The summed E-state index contributed by atoms with van der Waals surface area (Å²) in [5, 5.41) is 13.1. The molecule has 2 N–H and O–H groups in total. The third kappa shape index (κ3) is 4.44. The second-order valence-electron chi connectivity index (χ2n) is 6.04. The number of hydrogen-bond donors (Lipinski definition) is 1. The van der Waals surface area contributed by atoms with Gasteiger partial charge < -0.3 is 5.73 Å². The second-order valence-corrected chi connectivity index (χ2v) is 8.26. The Kier molecular flexibility index (Phi) is 5.62. The van der Waals surface area contributed by atoms with Crippen LogP contribution in [-0.4, -0.2) is 25.6 Å². The summed E-state index contributed by atoms with van der Waals surface area (Å²) in [5.74, 6) is 1.56. The fourth-order valence-corrected chi connectivity index (χ4v) is 4.45. The molecule has 4 rings (SSSR count). The van der Waals surface area contributed by atoms with Crippen molar-refractivity contribution in [2.75, 3.05) is 5.75 Å². The van der Waals surface area contributed by atoms with Crippen molar-refractivity contribution < 1.29 is 0 Å². The van der Waals surface area contributed by atoms with Crippen molar-refractivity contribution in [1.29, 1.82) is 0 Å². The van der Waals surface area contributed by atoms with Gasteiger partial charge in [0, 0.05) is 5.75 Å². The number of nitrogens with two attached hydrogens (primary N) is 1. The number of thioether (sulfide) groups is 1. The number of nitrogens with zero attached hydrogens (tertiary/aromatic N) is 4. The topological polar surface area (TPSA) is 69.1 Å². The average molecular weight is 394 g/mol. The van der Waals surface area contributed by atoms with Gasteiger partial charge in [0.15, 0.2) is 10.2 Å². The standard InChI is InChI=1S/C20H19N5S2/c21-17(14-16-10-5-2-6-11-16)18-22-23-19-25(18)24-20(27-19)26-13-7-12-15-8-3-1-4-9-15/h1-12,17H,13-14,21H2. The van der Waals surface area contributed by atoms with E-state index in [2.05, 4.69) is 51.7 Å². The van der Waals surface area contributed by atoms with Crippen LogP contribution >= 0.6 is 23.1 Å². The number of benzene rings is 2. The number of rotatable bonds is 7. The van der Waals surface area contributed by atoms with E-state index in [0.29, 0.717) is 12.2 Å². The van der Waals surface area contributed by atoms with Crippen LogP contribution in [0.4, 0.5) is 0 Å². The molecular formula is C20H19N5S2. The summed E-state index contributed by atoms with van der Waals surface area (Å²) in [7, 11) is 0. The molecule has 0 aliphatic rings. The summed E-state index contributed by atoms with van der Waals surface area (Å²) < 4.78 is 2.74. The van der Waals surface area contributed by atoms with E-state index in [9.17, 15) is 0 Å². The molecule has 0 spiro atoms. The van der Waals surface area contributed by atoms with E-state index in [1.807, 2.05) is 36.4 Å². The predicted molar refractivity (Wildman–Crippen MR) is 112 cm³/mol. The van der Waals surface area contributed by atoms with Crippen molar-refractivity contribution in [3.63, 3.8) is 0 Å². The Hall–Kier alpha value is -2.48. The van der Waals surface area contributed by atoms with E-state index in [1.165, 1.54) is 22.5 Å². The first-order valence-corrected chi connectivity index (χ1v) is 10.5. The molecule has 0 aliphatic heterocycles. The Morgan fingerprint density at radius 2 is 1.78 bits per heavy atom. The summed E-state index contributed by atoms with van der Waals surface area (Å²) in [5.41, 5.74) is 8.73. The van der Waals surface area contributed by atoms with Crippen molar-refractivity contribution >= 4 is 34.1 Å². The molecule has 0 saturated carbocycles. The highest BCUT2D eigenvalue weighted by molar-refractivity contribution is 8.01. The molecular weight excluding hydrogens is 374 g/mol. The summed E-state index contributed by atoms with van der Waals surface area (Å²) in [4.78, 5) is 0.781. The molecule has 7 heteroatoms. The zero-order valence-corrected chi connectivity index (χ0v) is 16.2. The van der Waals surface area contributed by atoms with Crippen molar-refractivity contribution in [2.45, 2.75) is 16.8 Å². The van der Waals surface area contributed by atoms with Crippen LogP contribution in [0.5, 0.6) is 0 Å². The molecule has 2 heterocycles. The normalized spacial score (nSPS) is 12.8. The third-order valence-corrected chi connectivity index (χ3v) is 6.02. The molecule has 2 aromatic carbocycles. The molecule has 1 atom stereocenters. The fourth-order valence-electron chi connectivity index (χ4n) is 2.73. The van der Waals surface area contributed by atoms with Crippen LogP contribution < -0.4 is 5.73 Å².